The number of aromatic hydroxyl groups is 3. The maximum absolute atomic E-state index is 13.3. The van der Waals surface area contributed by atoms with Crippen LogP contribution in [0.2, 0.25) is 0 Å². The first kappa shape index (κ1) is 25.0. The van der Waals surface area contributed by atoms with Gasteiger partial charge in [-0.1, -0.05) is 6.92 Å². The second-order valence-corrected chi connectivity index (χ2v) is 7.09. The van der Waals surface area contributed by atoms with E-state index in [2.05, 4.69) is 0 Å². The van der Waals surface area contributed by atoms with E-state index < -0.39 is 17.4 Å². The van der Waals surface area contributed by atoms with Gasteiger partial charge in [-0.2, -0.15) is 0 Å². The average Bonchev–Trinajstić information content (AvgIpc) is 2.76. The number of hydrogen-bond donors (Lipinski definition) is 4. The molecule has 0 aromatic heterocycles. The van der Waals surface area contributed by atoms with Crippen LogP contribution < -0.4 is 4.74 Å². The Balaban J connectivity index is 2.55. The van der Waals surface area contributed by atoms with Crippen molar-refractivity contribution in [2.24, 2.45) is 0 Å². The molecule has 0 unspecified atom stereocenters. The minimum atomic E-state index is -0.622. The van der Waals surface area contributed by atoms with Gasteiger partial charge in [0.2, 0.25) is 5.91 Å². The molecule has 32 heavy (non-hydrogen) atoms. The Kier molecular flexibility index (Phi) is 8.86. The van der Waals surface area contributed by atoms with E-state index in [0.29, 0.717) is 12.0 Å². The summed E-state index contributed by atoms with van der Waals surface area (Å²) in [5.41, 5.74) is 0.489. The smallest absolute Gasteiger partial charge is 0.227 e. The minimum absolute atomic E-state index is 0.0735. The van der Waals surface area contributed by atoms with Crippen LogP contribution in [0.3, 0.4) is 0 Å². The van der Waals surface area contributed by atoms with Gasteiger partial charge in [-0.05, 0) is 35.7 Å². The number of aliphatic hydroxyl groups excluding tert-OH is 1. The Morgan fingerprint density at radius 3 is 2.25 bits per heavy atom. The molecule has 0 radical (unpaired) electrons. The third-order valence-corrected chi connectivity index (χ3v) is 5.14. The second-order valence-electron chi connectivity index (χ2n) is 7.09. The molecule has 0 bridgehead atoms. The van der Waals surface area contributed by atoms with Gasteiger partial charge in [0, 0.05) is 31.8 Å². The molecule has 0 aliphatic rings. The Labute approximate surface area is 186 Å². The summed E-state index contributed by atoms with van der Waals surface area (Å²) in [5.74, 6) is -1.80. The van der Waals surface area contributed by atoms with Crippen LogP contribution in [0, 0.1) is 0 Å². The topological polar surface area (TPSA) is 137 Å². The Morgan fingerprint density at radius 1 is 0.969 bits per heavy atom. The van der Waals surface area contributed by atoms with E-state index in [-0.39, 0.29) is 66.7 Å². The van der Waals surface area contributed by atoms with E-state index in [9.17, 15) is 30.0 Å². The van der Waals surface area contributed by atoms with Gasteiger partial charge in [-0.3, -0.25) is 9.59 Å². The van der Waals surface area contributed by atoms with Crippen molar-refractivity contribution >= 4 is 11.7 Å². The number of carbonyl (C=O) groups is 2. The van der Waals surface area contributed by atoms with Crippen molar-refractivity contribution in [1.82, 2.24) is 4.90 Å². The number of benzene rings is 2. The monoisotopic (exact) mass is 447 g/mol. The normalized spacial score (nSPS) is 10.8. The van der Waals surface area contributed by atoms with E-state index in [1.165, 1.54) is 37.3 Å². The summed E-state index contributed by atoms with van der Waals surface area (Å²) in [4.78, 5) is 27.7. The van der Waals surface area contributed by atoms with Gasteiger partial charge in [0.1, 0.15) is 11.5 Å². The second kappa shape index (κ2) is 11.4. The highest BCUT2D eigenvalue weighted by Crippen LogP contribution is 2.36. The number of hydrogen-bond acceptors (Lipinski definition) is 8. The minimum Gasteiger partial charge on any atom is -0.508 e. The van der Waals surface area contributed by atoms with Crippen LogP contribution in [0.4, 0.5) is 0 Å². The highest BCUT2D eigenvalue weighted by atomic mass is 16.5. The summed E-state index contributed by atoms with van der Waals surface area (Å²) in [5, 5.41) is 40.2. The van der Waals surface area contributed by atoms with Crippen molar-refractivity contribution in [1.29, 1.82) is 0 Å². The average molecular weight is 447 g/mol. The van der Waals surface area contributed by atoms with Crippen molar-refractivity contribution < 1.29 is 39.5 Å². The maximum Gasteiger partial charge on any atom is 0.227 e. The van der Waals surface area contributed by atoms with Crippen LogP contribution in [-0.4, -0.2) is 77.5 Å². The standard InChI is InChI=1S/C23H29NO8/c1-4-15-16(12-21(29)24(7-9-25)8-10-31-2)22(19(28)13-17(15)26)23(30)14-5-6-20(32-3)18(27)11-14/h5-6,11,13,25-28H,4,7-10,12H2,1-3H3. The lowest BCUT2D eigenvalue weighted by atomic mass is 9.89. The first-order chi connectivity index (χ1) is 15.3. The van der Waals surface area contributed by atoms with Crippen LogP contribution in [0.5, 0.6) is 23.0 Å². The fourth-order valence-corrected chi connectivity index (χ4v) is 3.51. The zero-order valence-corrected chi connectivity index (χ0v) is 18.4. The number of amides is 1. The fraction of sp³-hybridized carbons (Fsp3) is 0.391. The van der Waals surface area contributed by atoms with Gasteiger partial charge < -0.3 is 34.8 Å². The molecule has 0 saturated carbocycles. The molecule has 2 aromatic carbocycles. The number of rotatable bonds is 11. The number of phenolic OH excluding ortho intramolecular Hbond substituents is 3. The molecule has 174 valence electrons. The highest BCUT2D eigenvalue weighted by molar-refractivity contribution is 6.12. The van der Waals surface area contributed by atoms with Gasteiger partial charge in [0.15, 0.2) is 17.3 Å². The Hall–Kier alpha value is -3.30. The maximum atomic E-state index is 13.3. The van der Waals surface area contributed by atoms with Gasteiger partial charge in [0.05, 0.1) is 32.3 Å². The number of ether oxygens (including phenoxy) is 2. The summed E-state index contributed by atoms with van der Waals surface area (Å²) < 4.78 is 10.0. The molecule has 0 aliphatic heterocycles. The predicted octanol–water partition coefficient (Wildman–Crippen LogP) is 1.62. The van der Waals surface area contributed by atoms with Gasteiger partial charge in [-0.15, -0.1) is 0 Å². The van der Waals surface area contributed by atoms with E-state index >= 15 is 0 Å². The third kappa shape index (κ3) is 5.49. The number of carbonyl (C=O) groups excluding carboxylic acids is 2. The lowest BCUT2D eigenvalue weighted by Gasteiger charge is -2.23. The molecular weight excluding hydrogens is 418 g/mol. The van der Waals surface area contributed by atoms with E-state index in [0.717, 1.165) is 6.07 Å². The van der Waals surface area contributed by atoms with Gasteiger partial charge in [0.25, 0.3) is 0 Å². The van der Waals surface area contributed by atoms with Crippen LogP contribution in [0.25, 0.3) is 0 Å². The molecule has 0 atom stereocenters. The van der Waals surface area contributed by atoms with E-state index in [1.807, 2.05) is 0 Å². The summed E-state index contributed by atoms with van der Waals surface area (Å²) in [6.07, 6.45) is 0.0268. The molecule has 0 heterocycles. The molecule has 9 heteroatoms. The summed E-state index contributed by atoms with van der Waals surface area (Å²) in [7, 11) is 2.87. The number of methoxy groups -OCH3 is 2. The van der Waals surface area contributed by atoms with E-state index in [1.54, 1.807) is 6.92 Å². The number of aliphatic hydroxyl groups is 1. The van der Waals surface area contributed by atoms with Crippen LogP contribution in [0.1, 0.15) is 34.0 Å². The van der Waals surface area contributed by atoms with Crippen LogP contribution in [-0.2, 0) is 22.4 Å². The predicted molar refractivity (Wildman–Crippen MR) is 116 cm³/mol. The van der Waals surface area contributed by atoms with Crippen molar-refractivity contribution in [2.45, 2.75) is 19.8 Å². The lowest BCUT2D eigenvalue weighted by molar-refractivity contribution is -0.131. The number of ketones is 1. The van der Waals surface area contributed by atoms with Gasteiger partial charge in [-0.25, -0.2) is 0 Å². The van der Waals surface area contributed by atoms with E-state index in [4.69, 9.17) is 9.47 Å². The first-order valence-corrected chi connectivity index (χ1v) is 10.1. The van der Waals surface area contributed by atoms with Crippen molar-refractivity contribution in [2.75, 3.05) is 40.5 Å². The zero-order valence-electron chi connectivity index (χ0n) is 18.4. The summed E-state index contributed by atoms with van der Waals surface area (Å²) >= 11 is 0. The van der Waals surface area contributed by atoms with Crippen molar-refractivity contribution in [3.8, 4) is 23.0 Å². The van der Waals surface area contributed by atoms with Crippen LogP contribution >= 0.6 is 0 Å². The lowest BCUT2D eigenvalue weighted by Crippen LogP contribution is -2.37. The molecule has 2 rings (SSSR count). The molecule has 9 nitrogen and oxygen atoms in total. The summed E-state index contributed by atoms with van der Waals surface area (Å²) in [6.45, 7) is 2.07. The Morgan fingerprint density at radius 2 is 1.69 bits per heavy atom. The molecule has 0 spiro atoms. The first-order valence-electron chi connectivity index (χ1n) is 10.1. The molecule has 0 aliphatic carbocycles. The van der Waals surface area contributed by atoms with Crippen molar-refractivity contribution in [3.05, 3.63) is 46.5 Å². The molecule has 2 aromatic rings. The number of phenols is 3. The quantitative estimate of drug-likeness (QED) is 0.382. The molecule has 0 fully saturated rings. The molecule has 1 amide bonds. The largest absolute Gasteiger partial charge is 0.508 e. The van der Waals surface area contributed by atoms with Gasteiger partial charge >= 0.3 is 0 Å². The SMILES string of the molecule is CCc1c(O)cc(O)c(C(=O)c2ccc(OC)c(O)c2)c1CC(=O)N(CCO)CCOC. The molecule has 4 N–H and O–H groups in total. The summed E-state index contributed by atoms with van der Waals surface area (Å²) in [6, 6.07) is 5.13. The fourth-order valence-electron chi connectivity index (χ4n) is 3.51. The third-order valence-electron chi connectivity index (χ3n) is 5.14. The molecule has 0 saturated heterocycles. The zero-order chi connectivity index (χ0) is 23.8. The van der Waals surface area contributed by atoms with Crippen LogP contribution in [0.15, 0.2) is 24.3 Å². The highest BCUT2D eigenvalue weighted by Gasteiger charge is 2.27. The Bertz CT molecular complexity index is 973. The van der Waals surface area contributed by atoms with Crippen molar-refractivity contribution in [3.63, 3.8) is 0 Å². The molecular formula is C23H29NO8. The number of nitrogens with zero attached hydrogens (tertiary/aromatic N) is 1.